The molecule has 0 saturated carbocycles. The fraction of sp³-hybridized carbons (Fsp3) is 0.231. The van der Waals surface area contributed by atoms with E-state index in [-0.39, 0.29) is 24.7 Å². The molecular formula is C39H39N3O4. The molecule has 6 rings (SSSR count). The quantitative estimate of drug-likeness (QED) is 0.170. The summed E-state index contributed by atoms with van der Waals surface area (Å²) in [7, 11) is 2.12. The van der Waals surface area contributed by atoms with Crippen LogP contribution in [0, 0.1) is 0 Å². The summed E-state index contributed by atoms with van der Waals surface area (Å²) >= 11 is 0. The number of benzene rings is 4. The Labute approximate surface area is 270 Å². The Hall–Kier alpha value is -4.66. The first kappa shape index (κ1) is 31.3. The highest BCUT2D eigenvalue weighted by Gasteiger charge is 2.32. The van der Waals surface area contributed by atoms with E-state index in [2.05, 4.69) is 82.9 Å². The van der Waals surface area contributed by atoms with Crippen LogP contribution in [0.2, 0.25) is 0 Å². The Balaban J connectivity index is 1.15. The van der Waals surface area contributed by atoms with E-state index in [4.69, 9.17) is 9.47 Å². The smallest absolute Gasteiger partial charge is 0.253 e. The highest BCUT2D eigenvalue weighted by molar-refractivity contribution is 5.93. The van der Waals surface area contributed by atoms with Crippen molar-refractivity contribution < 1.29 is 19.4 Å². The minimum Gasteiger partial charge on any atom is -0.392 e. The van der Waals surface area contributed by atoms with Crippen molar-refractivity contribution in [3.05, 3.63) is 161 Å². The lowest BCUT2D eigenvalue weighted by Crippen LogP contribution is -2.37. The van der Waals surface area contributed by atoms with Crippen molar-refractivity contribution in [1.82, 2.24) is 15.2 Å². The Morgan fingerprint density at radius 1 is 0.826 bits per heavy atom. The molecule has 1 aromatic heterocycles. The number of rotatable bonds is 11. The number of nitrogens with one attached hydrogen (secondary N) is 1. The average Bonchev–Trinajstić information content (AvgIpc) is 3.11. The number of amides is 1. The maximum Gasteiger partial charge on any atom is 0.253 e. The molecule has 4 aromatic carbocycles. The Bertz CT molecular complexity index is 1700. The molecule has 1 aliphatic heterocycles. The molecular weight excluding hydrogens is 574 g/mol. The highest BCUT2D eigenvalue weighted by Crippen LogP contribution is 2.38. The second-order valence-electron chi connectivity index (χ2n) is 11.8. The number of carbonyl (C=O) groups is 1. The van der Waals surface area contributed by atoms with E-state index in [9.17, 15) is 9.90 Å². The molecule has 7 heteroatoms. The van der Waals surface area contributed by atoms with Gasteiger partial charge in [-0.3, -0.25) is 14.7 Å². The van der Waals surface area contributed by atoms with E-state index in [0.29, 0.717) is 12.1 Å². The van der Waals surface area contributed by atoms with Gasteiger partial charge < -0.3 is 19.9 Å². The highest BCUT2D eigenvalue weighted by atomic mass is 16.7. The molecule has 7 nitrogen and oxygen atoms in total. The molecule has 0 spiro atoms. The minimum atomic E-state index is -0.519. The summed E-state index contributed by atoms with van der Waals surface area (Å²) in [6.45, 7) is 2.04. The molecule has 3 unspecified atom stereocenters. The molecule has 1 saturated heterocycles. The number of hydrogen-bond acceptors (Lipinski definition) is 6. The molecule has 1 fully saturated rings. The number of aliphatic hydroxyl groups excluding tert-OH is 1. The van der Waals surface area contributed by atoms with E-state index < -0.39 is 6.29 Å². The number of carbonyl (C=O) groups excluding carboxylic acids is 1. The molecule has 3 atom stereocenters. The molecule has 234 valence electrons. The third-order valence-corrected chi connectivity index (χ3v) is 8.25. The first-order chi connectivity index (χ1) is 22.5. The van der Waals surface area contributed by atoms with Gasteiger partial charge in [0.25, 0.3) is 5.91 Å². The minimum absolute atomic E-state index is 0.0136. The van der Waals surface area contributed by atoms with E-state index in [1.54, 1.807) is 24.5 Å². The summed E-state index contributed by atoms with van der Waals surface area (Å²) < 4.78 is 13.2. The summed E-state index contributed by atoms with van der Waals surface area (Å²) in [5, 5.41) is 12.5. The molecule has 2 heterocycles. The van der Waals surface area contributed by atoms with Crippen LogP contribution in [-0.2, 0) is 29.2 Å². The van der Waals surface area contributed by atoms with Gasteiger partial charge in [0, 0.05) is 44.0 Å². The van der Waals surface area contributed by atoms with E-state index >= 15 is 0 Å². The Morgan fingerprint density at radius 3 is 2.33 bits per heavy atom. The van der Waals surface area contributed by atoms with Gasteiger partial charge in [-0.15, -0.1) is 0 Å². The molecule has 0 radical (unpaired) electrons. The van der Waals surface area contributed by atoms with Gasteiger partial charge >= 0.3 is 0 Å². The van der Waals surface area contributed by atoms with Crippen LogP contribution in [-0.4, -0.2) is 40.6 Å². The van der Waals surface area contributed by atoms with Crippen LogP contribution in [0.3, 0.4) is 0 Å². The summed E-state index contributed by atoms with van der Waals surface area (Å²) in [6.07, 6.45) is 3.25. The maximum absolute atomic E-state index is 12.5. The molecule has 5 aromatic rings. The zero-order valence-corrected chi connectivity index (χ0v) is 26.0. The normalized spacial score (nSPS) is 17.9. The number of nitrogens with zero attached hydrogens (tertiary/aromatic N) is 2. The van der Waals surface area contributed by atoms with Gasteiger partial charge in [0.2, 0.25) is 0 Å². The van der Waals surface area contributed by atoms with Gasteiger partial charge in [-0.1, -0.05) is 97.1 Å². The van der Waals surface area contributed by atoms with Gasteiger partial charge in [-0.25, -0.2) is 0 Å². The second kappa shape index (κ2) is 15.1. The molecule has 1 aliphatic rings. The molecule has 0 bridgehead atoms. The van der Waals surface area contributed by atoms with Crippen LogP contribution in [0.4, 0.5) is 0 Å². The lowest BCUT2D eigenvalue weighted by Gasteiger charge is -2.38. The topological polar surface area (TPSA) is 83.9 Å². The third-order valence-electron chi connectivity index (χ3n) is 8.25. The second-order valence-corrected chi connectivity index (χ2v) is 11.8. The van der Waals surface area contributed by atoms with Crippen molar-refractivity contribution >= 4 is 5.91 Å². The van der Waals surface area contributed by atoms with Gasteiger partial charge in [-0.05, 0) is 58.6 Å². The molecule has 1 amide bonds. The fourth-order valence-electron chi connectivity index (χ4n) is 5.82. The van der Waals surface area contributed by atoms with Crippen molar-refractivity contribution in [3.8, 4) is 11.1 Å². The lowest BCUT2D eigenvalue weighted by atomic mass is 9.99. The van der Waals surface area contributed by atoms with Crippen molar-refractivity contribution in [1.29, 1.82) is 0 Å². The van der Waals surface area contributed by atoms with Crippen LogP contribution < -0.4 is 5.32 Å². The molecule has 2 N–H and O–H groups in total. The average molecular weight is 614 g/mol. The summed E-state index contributed by atoms with van der Waals surface area (Å²) in [4.78, 5) is 18.8. The largest absolute Gasteiger partial charge is 0.392 e. The predicted molar refractivity (Wildman–Crippen MR) is 178 cm³/mol. The lowest BCUT2D eigenvalue weighted by molar-refractivity contribution is -0.252. The Morgan fingerprint density at radius 2 is 1.59 bits per heavy atom. The summed E-state index contributed by atoms with van der Waals surface area (Å²) in [5.41, 5.74) is 7.84. The van der Waals surface area contributed by atoms with Crippen LogP contribution in [0.15, 0.2) is 128 Å². The van der Waals surface area contributed by atoms with E-state index in [0.717, 1.165) is 52.9 Å². The third kappa shape index (κ3) is 8.13. The standard InChI is InChI=1S/C39H39N3O4/c1-42(25-28-7-3-2-4-8-28)26-36-22-37(32-14-12-29(27-43)13-15-32)46-39(45-36)33-18-16-31(17-19-33)34-10-5-9-30(21-34)23-41-38(44)35-11-6-20-40-24-35/h2-21,24,36-37,39,43H,22-23,25-27H2,1H3,(H,41,44). The first-order valence-corrected chi connectivity index (χ1v) is 15.6. The van der Waals surface area contributed by atoms with E-state index in [1.807, 2.05) is 42.5 Å². The van der Waals surface area contributed by atoms with Gasteiger partial charge in [0.1, 0.15) is 0 Å². The maximum atomic E-state index is 12.5. The Kier molecular flexibility index (Phi) is 10.3. The fourth-order valence-corrected chi connectivity index (χ4v) is 5.82. The van der Waals surface area contributed by atoms with Crippen LogP contribution in [0.25, 0.3) is 11.1 Å². The van der Waals surface area contributed by atoms with Crippen molar-refractivity contribution in [2.45, 2.75) is 44.6 Å². The van der Waals surface area contributed by atoms with Crippen molar-refractivity contribution in [2.75, 3.05) is 13.6 Å². The predicted octanol–water partition coefficient (Wildman–Crippen LogP) is 6.85. The van der Waals surface area contributed by atoms with Crippen LogP contribution in [0.1, 0.15) is 57.0 Å². The number of hydrogen-bond donors (Lipinski definition) is 2. The monoisotopic (exact) mass is 613 g/mol. The first-order valence-electron chi connectivity index (χ1n) is 15.6. The number of pyridine rings is 1. The van der Waals surface area contributed by atoms with Gasteiger partial charge in [0.05, 0.1) is 24.4 Å². The zero-order valence-electron chi connectivity index (χ0n) is 26.0. The van der Waals surface area contributed by atoms with Gasteiger partial charge in [-0.2, -0.15) is 0 Å². The summed E-state index contributed by atoms with van der Waals surface area (Å²) in [6, 6.07) is 38.4. The van der Waals surface area contributed by atoms with Gasteiger partial charge in [0.15, 0.2) is 6.29 Å². The molecule has 46 heavy (non-hydrogen) atoms. The van der Waals surface area contributed by atoms with E-state index in [1.165, 1.54) is 5.56 Å². The van der Waals surface area contributed by atoms with Crippen molar-refractivity contribution in [2.24, 2.45) is 0 Å². The van der Waals surface area contributed by atoms with Crippen LogP contribution in [0.5, 0.6) is 0 Å². The van der Waals surface area contributed by atoms with Crippen LogP contribution >= 0.6 is 0 Å². The number of ether oxygens (including phenoxy) is 2. The van der Waals surface area contributed by atoms with Crippen molar-refractivity contribution in [3.63, 3.8) is 0 Å². The summed E-state index contributed by atoms with van der Waals surface area (Å²) in [5.74, 6) is -0.150. The zero-order chi connectivity index (χ0) is 31.7. The number of aromatic nitrogens is 1. The molecule has 0 aliphatic carbocycles. The SMILES string of the molecule is CN(Cc1ccccc1)CC1CC(c2ccc(CO)cc2)OC(c2ccc(-c3cccc(CNC(=O)c4cccnc4)c3)cc2)O1. The number of likely N-dealkylation sites (N-methyl/N-ethyl adjacent to an activating group) is 1. The number of aliphatic hydroxyl groups is 1.